The Kier molecular flexibility index (Phi) is 8.10. The number of likely N-dealkylation sites (tertiary alicyclic amines) is 1. The first-order valence-corrected chi connectivity index (χ1v) is 13.2. The van der Waals surface area contributed by atoms with Crippen LogP contribution in [0.25, 0.3) is 10.9 Å². The van der Waals surface area contributed by atoms with Crippen LogP contribution >= 0.6 is 0 Å². The molecule has 0 radical (unpaired) electrons. The highest BCUT2D eigenvalue weighted by atomic mass is 19.4. The van der Waals surface area contributed by atoms with E-state index < -0.39 is 40.9 Å². The number of nitrogens with zero attached hydrogens (tertiary/aromatic N) is 3. The third kappa shape index (κ3) is 6.47. The Morgan fingerprint density at radius 3 is 2.39 bits per heavy atom. The SMILES string of the molecule is COc1cc2nc(C)nc(N[C@H](C)c3cccc(C(F)(F)F)c3F)c2cc1C1(O)CCN(C(=O)OC(C)(C)C)CC1. The zero-order valence-electron chi connectivity index (χ0n) is 23.8. The van der Waals surface area contributed by atoms with Crippen LogP contribution in [0.4, 0.5) is 28.2 Å². The van der Waals surface area contributed by atoms with Crippen LogP contribution in [0.5, 0.6) is 5.75 Å². The quantitative estimate of drug-likeness (QED) is 0.334. The molecule has 0 saturated carbocycles. The van der Waals surface area contributed by atoms with E-state index in [-0.39, 0.29) is 37.3 Å². The van der Waals surface area contributed by atoms with Crippen molar-refractivity contribution in [3.05, 3.63) is 58.7 Å². The molecule has 1 aliphatic rings. The topological polar surface area (TPSA) is 96.8 Å². The number of aryl methyl sites for hydroxylation is 1. The number of anilines is 1. The molecule has 41 heavy (non-hydrogen) atoms. The van der Waals surface area contributed by atoms with Gasteiger partial charge in [-0.1, -0.05) is 12.1 Å². The van der Waals surface area contributed by atoms with Crippen molar-refractivity contribution in [2.24, 2.45) is 0 Å². The maximum Gasteiger partial charge on any atom is 0.419 e. The molecule has 0 bridgehead atoms. The number of alkyl halides is 3. The lowest BCUT2D eigenvalue weighted by Gasteiger charge is -2.39. The molecule has 1 saturated heterocycles. The zero-order chi connectivity index (χ0) is 30.3. The molecule has 2 N–H and O–H groups in total. The van der Waals surface area contributed by atoms with Gasteiger partial charge in [-0.3, -0.25) is 0 Å². The Balaban J connectivity index is 1.69. The summed E-state index contributed by atoms with van der Waals surface area (Å²) in [4.78, 5) is 23.0. The van der Waals surface area contributed by atoms with Crippen LogP contribution in [0.1, 0.15) is 69.1 Å². The summed E-state index contributed by atoms with van der Waals surface area (Å²) in [5, 5.41) is 15.2. The molecule has 1 amide bonds. The summed E-state index contributed by atoms with van der Waals surface area (Å²) >= 11 is 0. The van der Waals surface area contributed by atoms with E-state index in [0.29, 0.717) is 34.1 Å². The maximum atomic E-state index is 14.9. The summed E-state index contributed by atoms with van der Waals surface area (Å²) in [6.45, 7) is 9.02. The summed E-state index contributed by atoms with van der Waals surface area (Å²) in [5.41, 5.74) is -2.62. The van der Waals surface area contributed by atoms with Crippen molar-refractivity contribution in [2.45, 2.75) is 70.9 Å². The van der Waals surface area contributed by atoms with E-state index in [4.69, 9.17) is 9.47 Å². The number of rotatable bonds is 5. The second-order valence-corrected chi connectivity index (χ2v) is 11.3. The van der Waals surface area contributed by atoms with Gasteiger partial charge in [-0.25, -0.2) is 19.2 Å². The molecule has 2 heterocycles. The first-order valence-electron chi connectivity index (χ1n) is 13.2. The lowest BCUT2D eigenvalue weighted by Crippen LogP contribution is -2.46. The monoisotopic (exact) mass is 578 g/mol. The van der Waals surface area contributed by atoms with Gasteiger partial charge in [-0.2, -0.15) is 13.2 Å². The van der Waals surface area contributed by atoms with E-state index in [2.05, 4.69) is 15.3 Å². The Bertz CT molecular complexity index is 1450. The number of ether oxygens (including phenoxy) is 2. The van der Waals surface area contributed by atoms with Crippen molar-refractivity contribution in [3.63, 3.8) is 0 Å². The number of amides is 1. The van der Waals surface area contributed by atoms with E-state index in [1.165, 1.54) is 25.0 Å². The van der Waals surface area contributed by atoms with Gasteiger partial charge < -0.3 is 24.8 Å². The summed E-state index contributed by atoms with van der Waals surface area (Å²) < 4.78 is 65.8. The van der Waals surface area contributed by atoms with Crippen molar-refractivity contribution in [3.8, 4) is 5.75 Å². The van der Waals surface area contributed by atoms with Crippen LogP contribution in [-0.4, -0.2) is 51.9 Å². The fourth-order valence-electron chi connectivity index (χ4n) is 4.96. The third-order valence-corrected chi connectivity index (χ3v) is 7.03. The third-order valence-electron chi connectivity index (χ3n) is 7.03. The number of nitrogens with one attached hydrogen (secondary N) is 1. The first kappa shape index (κ1) is 30.3. The molecule has 0 unspecified atom stereocenters. The fourth-order valence-corrected chi connectivity index (χ4v) is 4.96. The largest absolute Gasteiger partial charge is 0.496 e. The number of fused-ring (bicyclic) bond motifs is 1. The zero-order valence-corrected chi connectivity index (χ0v) is 23.8. The normalized spacial score (nSPS) is 16.4. The Morgan fingerprint density at radius 1 is 1.15 bits per heavy atom. The summed E-state index contributed by atoms with van der Waals surface area (Å²) in [5.74, 6) is -0.346. The molecule has 12 heteroatoms. The lowest BCUT2D eigenvalue weighted by atomic mass is 9.83. The fraction of sp³-hybridized carbons (Fsp3) is 0.483. The Morgan fingerprint density at radius 2 is 1.80 bits per heavy atom. The van der Waals surface area contributed by atoms with Crippen molar-refractivity contribution in [2.75, 3.05) is 25.5 Å². The molecule has 1 atom stereocenters. The second kappa shape index (κ2) is 11.0. The van der Waals surface area contributed by atoms with Gasteiger partial charge in [-0.05, 0) is 59.6 Å². The molecule has 1 fully saturated rings. The van der Waals surface area contributed by atoms with Crippen LogP contribution in [-0.2, 0) is 16.5 Å². The van der Waals surface area contributed by atoms with Gasteiger partial charge in [0.15, 0.2) is 0 Å². The number of hydrogen-bond acceptors (Lipinski definition) is 7. The van der Waals surface area contributed by atoms with Gasteiger partial charge in [-0.15, -0.1) is 0 Å². The van der Waals surface area contributed by atoms with E-state index in [0.717, 1.165) is 6.07 Å². The molecular formula is C29H34F4N4O4. The minimum absolute atomic E-state index is 0.175. The van der Waals surface area contributed by atoms with E-state index >= 15 is 0 Å². The number of piperidine rings is 1. The highest BCUT2D eigenvalue weighted by Crippen LogP contribution is 2.42. The van der Waals surface area contributed by atoms with Crippen LogP contribution in [0, 0.1) is 12.7 Å². The number of carbonyl (C=O) groups is 1. The minimum Gasteiger partial charge on any atom is -0.496 e. The lowest BCUT2D eigenvalue weighted by molar-refractivity contribution is -0.140. The molecular weight excluding hydrogens is 544 g/mol. The first-order chi connectivity index (χ1) is 19.0. The van der Waals surface area contributed by atoms with Crippen LogP contribution < -0.4 is 10.1 Å². The van der Waals surface area contributed by atoms with E-state index in [1.807, 2.05) is 0 Å². The molecule has 222 valence electrons. The molecule has 0 aliphatic carbocycles. The van der Waals surface area contributed by atoms with Crippen LogP contribution in [0.3, 0.4) is 0 Å². The number of halogens is 4. The molecule has 0 spiro atoms. The van der Waals surface area contributed by atoms with Crippen molar-refractivity contribution in [1.82, 2.24) is 14.9 Å². The molecule has 1 aliphatic heterocycles. The van der Waals surface area contributed by atoms with Gasteiger partial charge in [0.25, 0.3) is 0 Å². The van der Waals surface area contributed by atoms with Crippen LogP contribution in [0.2, 0.25) is 0 Å². The smallest absolute Gasteiger partial charge is 0.419 e. The minimum atomic E-state index is -4.84. The van der Waals surface area contributed by atoms with Gasteiger partial charge in [0.05, 0.1) is 29.8 Å². The standard InChI is InChI=1S/C29H34F4N4O4/c1-16(18-8-7-9-20(24(18)30)29(31,32)33)34-25-19-14-21(23(40-6)15-22(19)35-17(2)36-25)28(39)10-12-37(13-11-28)26(38)41-27(3,4)5/h7-9,14-16,39H,10-13H2,1-6H3,(H,34,35,36)/t16-/m1/s1. The highest BCUT2D eigenvalue weighted by Gasteiger charge is 2.39. The van der Waals surface area contributed by atoms with Gasteiger partial charge in [0.1, 0.15) is 28.8 Å². The number of aromatic nitrogens is 2. The highest BCUT2D eigenvalue weighted by molar-refractivity contribution is 5.91. The van der Waals surface area contributed by atoms with Gasteiger partial charge >= 0.3 is 12.3 Å². The maximum absolute atomic E-state index is 14.9. The van der Waals surface area contributed by atoms with E-state index in [1.54, 1.807) is 39.8 Å². The Hall–Kier alpha value is -3.67. The Labute approximate surface area is 235 Å². The van der Waals surface area contributed by atoms with Crippen molar-refractivity contribution in [1.29, 1.82) is 0 Å². The molecule has 1 aromatic heterocycles. The number of methoxy groups -OCH3 is 1. The van der Waals surface area contributed by atoms with Crippen molar-refractivity contribution >= 4 is 22.8 Å². The molecule has 3 aromatic rings. The molecule has 2 aromatic carbocycles. The van der Waals surface area contributed by atoms with Gasteiger partial charge in [0.2, 0.25) is 0 Å². The number of aliphatic hydroxyl groups is 1. The molecule has 8 nitrogen and oxygen atoms in total. The van der Waals surface area contributed by atoms with Crippen molar-refractivity contribution < 1.29 is 36.9 Å². The van der Waals surface area contributed by atoms with Crippen LogP contribution in [0.15, 0.2) is 30.3 Å². The number of benzene rings is 2. The molecule has 4 rings (SSSR count). The summed E-state index contributed by atoms with van der Waals surface area (Å²) in [6.07, 6.45) is -4.89. The summed E-state index contributed by atoms with van der Waals surface area (Å²) in [6, 6.07) is 5.58. The average Bonchev–Trinajstić information content (AvgIpc) is 2.86. The van der Waals surface area contributed by atoms with Gasteiger partial charge in [0, 0.05) is 35.7 Å². The number of carbonyl (C=O) groups excluding carboxylic acids is 1. The predicted molar refractivity (Wildman–Crippen MR) is 145 cm³/mol. The summed E-state index contributed by atoms with van der Waals surface area (Å²) in [7, 11) is 1.47. The average molecular weight is 579 g/mol. The van der Waals surface area contributed by atoms with E-state index in [9.17, 15) is 27.5 Å². The predicted octanol–water partition coefficient (Wildman–Crippen LogP) is 6.50. The number of hydrogen-bond donors (Lipinski definition) is 2. The second-order valence-electron chi connectivity index (χ2n) is 11.3.